The number of carbonyl (C=O) groups excluding carboxylic acids is 1. The molecule has 116 valence electrons. The Morgan fingerprint density at radius 3 is 2.36 bits per heavy atom. The highest BCUT2D eigenvalue weighted by atomic mass is 19.1. The lowest BCUT2D eigenvalue weighted by Crippen LogP contribution is -2.30. The van der Waals surface area contributed by atoms with E-state index in [0.717, 1.165) is 0 Å². The molecule has 0 heterocycles. The highest BCUT2D eigenvalue weighted by Gasteiger charge is 2.15. The Labute approximate surface area is 130 Å². The Bertz CT molecular complexity index is 638. The quantitative estimate of drug-likeness (QED) is 0.891. The SMILES string of the molecule is CC(Oc1cccc(F)c1)C(=O)Nc1ccc(C(C)C)cc1. The molecule has 0 aliphatic carbocycles. The molecule has 0 radical (unpaired) electrons. The maximum atomic E-state index is 13.1. The molecule has 1 amide bonds. The third-order valence-electron chi connectivity index (χ3n) is 3.32. The first-order valence-electron chi connectivity index (χ1n) is 7.29. The third kappa shape index (κ3) is 4.32. The van der Waals surface area contributed by atoms with Crippen molar-refractivity contribution < 1.29 is 13.9 Å². The number of ether oxygens (including phenoxy) is 1. The molecule has 1 N–H and O–H groups in total. The zero-order valence-corrected chi connectivity index (χ0v) is 13.0. The van der Waals surface area contributed by atoms with Gasteiger partial charge in [0.25, 0.3) is 5.91 Å². The fourth-order valence-electron chi connectivity index (χ4n) is 1.99. The molecule has 0 aliphatic rings. The molecular weight excluding hydrogens is 281 g/mol. The van der Waals surface area contributed by atoms with Crippen LogP contribution in [0.1, 0.15) is 32.3 Å². The van der Waals surface area contributed by atoms with Crippen molar-refractivity contribution in [3.63, 3.8) is 0 Å². The van der Waals surface area contributed by atoms with Crippen molar-refractivity contribution in [2.24, 2.45) is 0 Å². The van der Waals surface area contributed by atoms with Crippen molar-refractivity contribution in [1.82, 2.24) is 0 Å². The lowest BCUT2D eigenvalue weighted by atomic mass is 10.0. The molecular formula is C18H20FNO2. The lowest BCUT2D eigenvalue weighted by molar-refractivity contribution is -0.122. The molecule has 0 saturated carbocycles. The van der Waals surface area contributed by atoms with Crippen molar-refractivity contribution in [2.75, 3.05) is 5.32 Å². The number of hydrogen-bond donors (Lipinski definition) is 1. The largest absolute Gasteiger partial charge is 0.481 e. The summed E-state index contributed by atoms with van der Waals surface area (Å²) < 4.78 is 18.5. The number of rotatable bonds is 5. The Morgan fingerprint density at radius 1 is 1.09 bits per heavy atom. The zero-order chi connectivity index (χ0) is 16.1. The van der Waals surface area contributed by atoms with Crippen molar-refractivity contribution in [1.29, 1.82) is 0 Å². The second-order valence-electron chi connectivity index (χ2n) is 5.48. The van der Waals surface area contributed by atoms with Gasteiger partial charge in [-0.05, 0) is 42.7 Å². The topological polar surface area (TPSA) is 38.3 Å². The van der Waals surface area contributed by atoms with E-state index in [-0.39, 0.29) is 5.91 Å². The second kappa shape index (κ2) is 7.07. The molecule has 0 aliphatic heterocycles. The normalized spacial score (nSPS) is 12.0. The zero-order valence-electron chi connectivity index (χ0n) is 13.0. The fourth-order valence-corrected chi connectivity index (χ4v) is 1.99. The molecule has 2 aromatic rings. The second-order valence-corrected chi connectivity index (χ2v) is 5.48. The number of anilines is 1. The van der Waals surface area contributed by atoms with Crippen LogP contribution in [0.15, 0.2) is 48.5 Å². The predicted octanol–water partition coefficient (Wildman–Crippen LogP) is 4.36. The Balaban J connectivity index is 1.96. The van der Waals surface area contributed by atoms with Crippen LogP contribution in [-0.4, -0.2) is 12.0 Å². The van der Waals surface area contributed by atoms with Gasteiger partial charge in [-0.1, -0.05) is 32.0 Å². The Hall–Kier alpha value is -2.36. The van der Waals surface area contributed by atoms with Crippen LogP contribution in [0.2, 0.25) is 0 Å². The predicted molar refractivity (Wildman–Crippen MR) is 85.7 cm³/mol. The van der Waals surface area contributed by atoms with Crippen LogP contribution in [-0.2, 0) is 4.79 Å². The molecule has 0 saturated heterocycles. The van der Waals surface area contributed by atoms with Gasteiger partial charge in [-0.25, -0.2) is 4.39 Å². The molecule has 22 heavy (non-hydrogen) atoms. The van der Waals surface area contributed by atoms with Crippen LogP contribution in [0.25, 0.3) is 0 Å². The van der Waals surface area contributed by atoms with Gasteiger partial charge in [-0.3, -0.25) is 4.79 Å². The van der Waals surface area contributed by atoms with E-state index in [4.69, 9.17) is 4.74 Å². The van der Waals surface area contributed by atoms with Gasteiger partial charge in [0.1, 0.15) is 11.6 Å². The molecule has 4 heteroatoms. The molecule has 2 rings (SSSR count). The summed E-state index contributed by atoms with van der Waals surface area (Å²) in [5.74, 6) is 0.105. The summed E-state index contributed by atoms with van der Waals surface area (Å²) in [6.07, 6.45) is -0.716. The van der Waals surface area contributed by atoms with Crippen molar-refractivity contribution in [2.45, 2.75) is 32.8 Å². The first-order chi connectivity index (χ1) is 10.5. The summed E-state index contributed by atoms with van der Waals surface area (Å²) in [6, 6.07) is 13.4. The highest BCUT2D eigenvalue weighted by molar-refractivity contribution is 5.94. The number of benzene rings is 2. The Kier molecular flexibility index (Phi) is 5.15. The van der Waals surface area contributed by atoms with E-state index in [1.165, 1.54) is 17.7 Å². The van der Waals surface area contributed by atoms with Crippen LogP contribution in [0, 0.1) is 5.82 Å². The van der Waals surface area contributed by atoms with Crippen molar-refractivity contribution in [3.8, 4) is 5.75 Å². The minimum Gasteiger partial charge on any atom is -0.481 e. The summed E-state index contributed by atoms with van der Waals surface area (Å²) >= 11 is 0. The van der Waals surface area contributed by atoms with Gasteiger partial charge in [-0.15, -0.1) is 0 Å². The molecule has 0 bridgehead atoms. The minimum atomic E-state index is -0.716. The fraction of sp³-hybridized carbons (Fsp3) is 0.278. The van der Waals surface area contributed by atoms with Gasteiger partial charge in [-0.2, -0.15) is 0 Å². The third-order valence-corrected chi connectivity index (χ3v) is 3.32. The van der Waals surface area contributed by atoms with Gasteiger partial charge >= 0.3 is 0 Å². The summed E-state index contributed by atoms with van der Waals surface area (Å²) in [4.78, 5) is 12.1. The molecule has 1 unspecified atom stereocenters. The summed E-state index contributed by atoms with van der Waals surface area (Å²) in [5.41, 5.74) is 1.92. The number of hydrogen-bond acceptors (Lipinski definition) is 2. The lowest BCUT2D eigenvalue weighted by Gasteiger charge is -2.15. The van der Waals surface area contributed by atoms with Crippen LogP contribution in [0.3, 0.4) is 0 Å². The molecule has 0 aromatic heterocycles. The van der Waals surface area contributed by atoms with E-state index in [1.54, 1.807) is 19.1 Å². The standard InChI is InChI=1S/C18H20FNO2/c1-12(2)14-7-9-16(10-8-14)20-18(21)13(3)22-17-6-4-5-15(19)11-17/h4-13H,1-3H3,(H,20,21). The summed E-state index contributed by atoms with van der Waals surface area (Å²) in [5, 5.41) is 2.79. The van der Waals surface area contributed by atoms with Crippen LogP contribution in [0.4, 0.5) is 10.1 Å². The number of carbonyl (C=O) groups is 1. The molecule has 1 atom stereocenters. The van der Waals surface area contributed by atoms with Gasteiger partial charge in [0.15, 0.2) is 6.10 Å². The van der Waals surface area contributed by atoms with Gasteiger partial charge in [0, 0.05) is 11.8 Å². The summed E-state index contributed by atoms with van der Waals surface area (Å²) in [7, 11) is 0. The molecule has 0 fully saturated rings. The maximum absolute atomic E-state index is 13.1. The van der Waals surface area contributed by atoms with Crippen molar-refractivity contribution in [3.05, 3.63) is 59.9 Å². The molecule has 2 aromatic carbocycles. The average molecular weight is 301 g/mol. The van der Waals surface area contributed by atoms with Crippen LogP contribution < -0.4 is 10.1 Å². The van der Waals surface area contributed by atoms with Crippen LogP contribution in [0.5, 0.6) is 5.75 Å². The van der Waals surface area contributed by atoms with E-state index in [2.05, 4.69) is 19.2 Å². The van der Waals surface area contributed by atoms with Crippen LogP contribution >= 0.6 is 0 Å². The summed E-state index contributed by atoms with van der Waals surface area (Å²) in [6.45, 7) is 5.85. The maximum Gasteiger partial charge on any atom is 0.265 e. The first kappa shape index (κ1) is 16.0. The first-order valence-corrected chi connectivity index (χ1v) is 7.29. The van der Waals surface area contributed by atoms with Gasteiger partial charge in [0.05, 0.1) is 0 Å². The average Bonchev–Trinajstić information content (AvgIpc) is 2.47. The monoisotopic (exact) mass is 301 g/mol. The smallest absolute Gasteiger partial charge is 0.265 e. The Morgan fingerprint density at radius 2 is 1.77 bits per heavy atom. The number of halogens is 1. The number of nitrogens with one attached hydrogen (secondary N) is 1. The molecule has 3 nitrogen and oxygen atoms in total. The van der Waals surface area contributed by atoms with E-state index in [9.17, 15) is 9.18 Å². The van der Waals surface area contributed by atoms with E-state index < -0.39 is 11.9 Å². The highest BCUT2D eigenvalue weighted by Crippen LogP contribution is 2.18. The minimum absolute atomic E-state index is 0.276. The van der Waals surface area contributed by atoms with Gasteiger partial charge in [0.2, 0.25) is 0 Å². The van der Waals surface area contributed by atoms with E-state index in [0.29, 0.717) is 17.4 Å². The molecule has 0 spiro atoms. The van der Waals surface area contributed by atoms with E-state index >= 15 is 0 Å². The van der Waals surface area contributed by atoms with E-state index in [1.807, 2.05) is 24.3 Å². The van der Waals surface area contributed by atoms with Gasteiger partial charge < -0.3 is 10.1 Å². The van der Waals surface area contributed by atoms with Crippen molar-refractivity contribution >= 4 is 11.6 Å². The number of amides is 1.